The van der Waals surface area contributed by atoms with Gasteiger partial charge in [-0.2, -0.15) is 4.31 Å². The highest BCUT2D eigenvalue weighted by Gasteiger charge is 2.28. The molecule has 5 nitrogen and oxygen atoms in total. The van der Waals surface area contributed by atoms with Crippen molar-refractivity contribution in [3.63, 3.8) is 0 Å². The number of aromatic nitrogens is 1. The van der Waals surface area contributed by atoms with E-state index in [2.05, 4.69) is 11.1 Å². The van der Waals surface area contributed by atoms with Crippen molar-refractivity contribution in [3.8, 4) is 0 Å². The second kappa shape index (κ2) is 5.13. The molecule has 110 valence electrons. The average molecular weight is 303 g/mol. The largest absolute Gasteiger partial charge is 0.398 e. The summed E-state index contributed by atoms with van der Waals surface area (Å²) in [6.07, 6.45) is 4.40. The normalized spacial score (nSPS) is 16.9. The van der Waals surface area contributed by atoms with Crippen LogP contribution >= 0.6 is 0 Å². The van der Waals surface area contributed by atoms with Crippen molar-refractivity contribution in [1.82, 2.24) is 9.29 Å². The van der Waals surface area contributed by atoms with Gasteiger partial charge in [0.2, 0.25) is 10.0 Å². The van der Waals surface area contributed by atoms with Gasteiger partial charge in [0.1, 0.15) is 4.90 Å². The van der Waals surface area contributed by atoms with E-state index >= 15 is 0 Å². The topological polar surface area (TPSA) is 76.3 Å². The molecular formula is C15H17N3O2S. The summed E-state index contributed by atoms with van der Waals surface area (Å²) in [4.78, 5) is 4.45. The predicted molar refractivity (Wildman–Crippen MR) is 83.3 cm³/mol. The predicted octanol–water partition coefficient (Wildman–Crippen LogP) is 2.16. The first-order chi connectivity index (χ1) is 10.00. The Morgan fingerprint density at radius 1 is 1.29 bits per heavy atom. The Balaban J connectivity index is 2.16. The molecule has 0 amide bonds. The van der Waals surface area contributed by atoms with Crippen LogP contribution in [0.25, 0.3) is 10.9 Å². The molecule has 0 radical (unpaired) electrons. The molecule has 6 heteroatoms. The summed E-state index contributed by atoms with van der Waals surface area (Å²) in [5.74, 6) is 0. The van der Waals surface area contributed by atoms with Crippen LogP contribution in [0.2, 0.25) is 0 Å². The van der Waals surface area contributed by atoms with Gasteiger partial charge in [-0.05, 0) is 37.6 Å². The summed E-state index contributed by atoms with van der Waals surface area (Å²) in [5.41, 5.74) is 7.95. The molecule has 1 aliphatic rings. The minimum atomic E-state index is -3.56. The van der Waals surface area contributed by atoms with Crippen molar-refractivity contribution in [1.29, 1.82) is 0 Å². The van der Waals surface area contributed by atoms with E-state index in [1.165, 1.54) is 4.31 Å². The molecule has 0 fully saturated rings. The summed E-state index contributed by atoms with van der Waals surface area (Å²) < 4.78 is 27.3. The van der Waals surface area contributed by atoms with Gasteiger partial charge in [0.25, 0.3) is 0 Å². The van der Waals surface area contributed by atoms with Gasteiger partial charge in [0.05, 0.1) is 5.52 Å². The van der Waals surface area contributed by atoms with E-state index in [9.17, 15) is 8.42 Å². The molecule has 0 atom stereocenters. The molecule has 3 rings (SSSR count). The van der Waals surface area contributed by atoms with E-state index < -0.39 is 10.0 Å². The number of nitrogen functional groups attached to an aromatic ring is 1. The first-order valence-corrected chi connectivity index (χ1v) is 8.23. The van der Waals surface area contributed by atoms with E-state index in [1.807, 2.05) is 6.92 Å². The van der Waals surface area contributed by atoms with Crippen LogP contribution in [0.4, 0.5) is 5.69 Å². The highest BCUT2D eigenvalue weighted by Crippen LogP contribution is 2.29. The molecule has 1 aromatic carbocycles. The standard InChI is InChI=1S/C15H17N3O2S/c1-11-4-3-9-18(10-11)21(19,20)14-7-6-13(16)12-5-2-8-17-15(12)14/h2,4-8H,3,9-10,16H2,1H3. The highest BCUT2D eigenvalue weighted by molar-refractivity contribution is 7.89. The van der Waals surface area contributed by atoms with Gasteiger partial charge in [-0.1, -0.05) is 11.6 Å². The zero-order valence-corrected chi connectivity index (χ0v) is 12.6. The monoisotopic (exact) mass is 303 g/mol. The Hall–Kier alpha value is -1.92. The molecule has 2 aromatic rings. The third kappa shape index (κ3) is 2.41. The van der Waals surface area contributed by atoms with Crippen molar-refractivity contribution in [2.75, 3.05) is 18.8 Å². The van der Waals surface area contributed by atoms with Crippen LogP contribution in [0.5, 0.6) is 0 Å². The second-order valence-corrected chi connectivity index (χ2v) is 7.14. The van der Waals surface area contributed by atoms with Crippen LogP contribution in [0.15, 0.2) is 47.0 Å². The SMILES string of the molecule is CC1=CCCN(S(=O)(=O)c2ccc(N)c3cccnc23)C1. The number of nitrogens with zero attached hydrogens (tertiary/aromatic N) is 2. The van der Waals surface area contributed by atoms with Gasteiger partial charge in [-0.25, -0.2) is 8.42 Å². The summed E-state index contributed by atoms with van der Waals surface area (Å²) in [6.45, 7) is 2.88. The number of sulfonamides is 1. The maximum absolute atomic E-state index is 12.9. The van der Waals surface area contributed by atoms with Crippen molar-refractivity contribution in [3.05, 3.63) is 42.1 Å². The van der Waals surface area contributed by atoms with E-state index in [4.69, 9.17) is 5.73 Å². The number of hydrogen-bond donors (Lipinski definition) is 1. The number of hydrogen-bond acceptors (Lipinski definition) is 4. The Kier molecular flexibility index (Phi) is 3.43. The second-order valence-electron chi connectivity index (χ2n) is 5.23. The zero-order valence-electron chi connectivity index (χ0n) is 11.8. The van der Waals surface area contributed by atoms with Crippen LogP contribution in [0, 0.1) is 0 Å². The summed E-state index contributed by atoms with van der Waals surface area (Å²) >= 11 is 0. The summed E-state index contributed by atoms with van der Waals surface area (Å²) in [5, 5.41) is 0.669. The van der Waals surface area contributed by atoms with E-state index in [1.54, 1.807) is 30.5 Å². The molecule has 1 aromatic heterocycles. The van der Waals surface area contributed by atoms with Crippen LogP contribution in [-0.4, -0.2) is 30.8 Å². The molecule has 0 unspecified atom stereocenters. The van der Waals surface area contributed by atoms with Crippen LogP contribution in [-0.2, 0) is 10.0 Å². The number of rotatable bonds is 2. The molecule has 2 heterocycles. The Morgan fingerprint density at radius 2 is 2.10 bits per heavy atom. The molecular weight excluding hydrogens is 286 g/mol. The number of pyridine rings is 1. The molecule has 0 bridgehead atoms. The Bertz CT molecular complexity index is 828. The fourth-order valence-corrected chi connectivity index (χ4v) is 4.24. The fraction of sp³-hybridized carbons (Fsp3) is 0.267. The lowest BCUT2D eigenvalue weighted by Crippen LogP contribution is -2.35. The molecule has 2 N–H and O–H groups in total. The molecule has 21 heavy (non-hydrogen) atoms. The quantitative estimate of drug-likeness (QED) is 0.681. The number of nitrogens with two attached hydrogens (primary N) is 1. The number of benzene rings is 1. The third-order valence-corrected chi connectivity index (χ3v) is 5.56. The summed E-state index contributed by atoms with van der Waals surface area (Å²) in [7, 11) is -3.56. The maximum Gasteiger partial charge on any atom is 0.245 e. The van der Waals surface area contributed by atoms with Crippen molar-refractivity contribution >= 4 is 26.6 Å². The minimum absolute atomic E-state index is 0.224. The molecule has 0 saturated carbocycles. The lowest BCUT2D eigenvalue weighted by molar-refractivity contribution is 0.428. The first-order valence-electron chi connectivity index (χ1n) is 6.79. The maximum atomic E-state index is 12.9. The highest BCUT2D eigenvalue weighted by atomic mass is 32.2. The third-order valence-electron chi connectivity index (χ3n) is 3.68. The van der Waals surface area contributed by atoms with Crippen molar-refractivity contribution < 1.29 is 8.42 Å². The number of fused-ring (bicyclic) bond motifs is 1. The molecule has 0 saturated heterocycles. The fourth-order valence-electron chi connectivity index (χ4n) is 2.60. The van der Waals surface area contributed by atoms with Crippen LogP contribution in [0.1, 0.15) is 13.3 Å². The lowest BCUT2D eigenvalue weighted by Gasteiger charge is -2.25. The van der Waals surface area contributed by atoms with Crippen LogP contribution in [0.3, 0.4) is 0 Å². The van der Waals surface area contributed by atoms with Crippen molar-refractivity contribution in [2.45, 2.75) is 18.2 Å². The molecule has 0 spiro atoms. The van der Waals surface area contributed by atoms with E-state index in [-0.39, 0.29) is 4.90 Å². The van der Waals surface area contributed by atoms with Gasteiger partial charge >= 0.3 is 0 Å². The smallest absolute Gasteiger partial charge is 0.245 e. The molecule has 0 aliphatic carbocycles. The Morgan fingerprint density at radius 3 is 2.86 bits per heavy atom. The van der Waals surface area contributed by atoms with Gasteiger partial charge in [-0.15, -0.1) is 0 Å². The first kappa shape index (κ1) is 14.0. The Labute approximate surface area is 124 Å². The van der Waals surface area contributed by atoms with Crippen LogP contribution < -0.4 is 5.73 Å². The van der Waals surface area contributed by atoms with E-state index in [0.717, 1.165) is 12.0 Å². The van der Waals surface area contributed by atoms with Gasteiger partial charge in [0, 0.05) is 30.4 Å². The van der Waals surface area contributed by atoms with Crippen molar-refractivity contribution in [2.24, 2.45) is 0 Å². The average Bonchev–Trinajstić information content (AvgIpc) is 2.47. The zero-order chi connectivity index (χ0) is 15.0. The summed E-state index contributed by atoms with van der Waals surface area (Å²) in [6, 6.07) is 6.72. The van der Waals surface area contributed by atoms with E-state index in [0.29, 0.717) is 29.7 Å². The van der Waals surface area contributed by atoms with Gasteiger partial charge < -0.3 is 5.73 Å². The van der Waals surface area contributed by atoms with Gasteiger partial charge in [0.15, 0.2) is 0 Å². The van der Waals surface area contributed by atoms with Gasteiger partial charge in [-0.3, -0.25) is 4.98 Å². The lowest BCUT2D eigenvalue weighted by atomic mass is 10.2. The molecule has 1 aliphatic heterocycles. The number of anilines is 1. The minimum Gasteiger partial charge on any atom is -0.398 e.